The molecule has 1 fully saturated rings. The molecule has 1 amide bonds. The van der Waals surface area contributed by atoms with E-state index in [4.69, 9.17) is 9.47 Å². The van der Waals surface area contributed by atoms with Crippen LogP contribution in [-0.4, -0.2) is 54.0 Å². The first-order valence-electron chi connectivity index (χ1n) is 11.1. The molecular weight excluding hydrogens is 420 g/mol. The summed E-state index contributed by atoms with van der Waals surface area (Å²) in [5.41, 5.74) is 2.60. The van der Waals surface area contributed by atoms with Crippen molar-refractivity contribution in [1.82, 2.24) is 9.88 Å². The Morgan fingerprint density at radius 1 is 0.970 bits per heavy atom. The molecule has 1 aromatic heterocycles. The largest absolute Gasteiger partial charge is 0.466 e. The molecule has 7 heteroatoms. The van der Waals surface area contributed by atoms with Crippen molar-refractivity contribution in [2.45, 2.75) is 19.8 Å². The van der Waals surface area contributed by atoms with Gasteiger partial charge in [-0.25, -0.2) is 9.78 Å². The third-order valence-electron chi connectivity index (χ3n) is 5.80. The zero-order valence-electron chi connectivity index (χ0n) is 18.5. The Labute approximate surface area is 192 Å². The quantitative estimate of drug-likeness (QED) is 0.535. The Kier molecular flexibility index (Phi) is 6.98. The zero-order valence-corrected chi connectivity index (χ0v) is 18.5. The van der Waals surface area contributed by atoms with E-state index in [9.17, 15) is 14.4 Å². The van der Waals surface area contributed by atoms with Crippen LogP contribution in [0.15, 0.2) is 60.7 Å². The monoisotopic (exact) mass is 446 g/mol. The summed E-state index contributed by atoms with van der Waals surface area (Å²) in [6.45, 7) is 2.66. The van der Waals surface area contributed by atoms with Crippen LogP contribution in [0.1, 0.15) is 30.1 Å². The third kappa shape index (κ3) is 5.19. The first-order chi connectivity index (χ1) is 16.1. The number of pyridine rings is 1. The van der Waals surface area contributed by atoms with Crippen LogP contribution in [0.3, 0.4) is 0 Å². The zero-order chi connectivity index (χ0) is 23.2. The Hall–Kier alpha value is -3.74. The molecule has 0 radical (unpaired) electrons. The second-order valence-corrected chi connectivity index (χ2v) is 7.92. The predicted molar refractivity (Wildman–Crippen MR) is 123 cm³/mol. The minimum atomic E-state index is -0.569. The predicted octanol–water partition coefficient (Wildman–Crippen LogP) is 3.86. The first-order valence-corrected chi connectivity index (χ1v) is 11.1. The number of carbonyl (C=O) groups is 3. The maximum Gasteiger partial charge on any atom is 0.339 e. The molecule has 7 nitrogen and oxygen atoms in total. The average molecular weight is 447 g/mol. The molecule has 3 aromatic rings. The van der Waals surface area contributed by atoms with E-state index in [-0.39, 0.29) is 24.4 Å². The Balaban J connectivity index is 1.44. The Bertz CT molecular complexity index is 1150. The van der Waals surface area contributed by atoms with Gasteiger partial charge >= 0.3 is 11.9 Å². The third-order valence-corrected chi connectivity index (χ3v) is 5.80. The summed E-state index contributed by atoms with van der Waals surface area (Å²) >= 11 is 0. The fourth-order valence-corrected chi connectivity index (χ4v) is 4.02. The van der Waals surface area contributed by atoms with Crippen molar-refractivity contribution in [2.24, 2.45) is 5.92 Å². The Morgan fingerprint density at radius 3 is 2.39 bits per heavy atom. The number of nitrogens with zero attached hydrogens (tertiary/aromatic N) is 2. The fourth-order valence-electron chi connectivity index (χ4n) is 4.02. The summed E-state index contributed by atoms with van der Waals surface area (Å²) in [5, 5.41) is 0.671. The van der Waals surface area contributed by atoms with Gasteiger partial charge < -0.3 is 14.4 Å². The number of amides is 1. The van der Waals surface area contributed by atoms with Gasteiger partial charge in [-0.1, -0.05) is 48.5 Å². The number of fused-ring (bicyclic) bond motifs is 1. The summed E-state index contributed by atoms with van der Waals surface area (Å²) in [7, 11) is 0. The van der Waals surface area contributed by atoms with Crippen molar-refractivity contribution < 1.29 is 23.9 Å². The van der Waals surface area contributed by atoms with Crippen LogP contribution >= 0.6 is 0 Å². The topological polar surface area (TPSA) is 85.8 Å². The number of hydrogen-bond acceptors (Lipinski definition) is 6. The van der Waals surface area contributed by atoms with E-state index in [1.165, 1.54) is 0 Å². The molecule has 170 valence electrons. The van der Waals surface area contributed by atoms with Gasteiger partial charge in [-0.2, -0.15) is 0 Å². The fraction of sp³-hybridized carbons (Fsp3) is 0.308. The van der Waals surface area contributed by atoms with Crippen LogP contribution in [0.5, 0.6) is 0 Å². The molecule has 0 aliphatic carbocycles. The van der Waals surface area contributed by atoms with Crippen LogP contribution in [0.4, 0.5) is 0 Å². The Morgan fingerprint density at radius 2 is 1.67 bits per heavy atom. The molecule has 0 bridgehead atoms. The highest BCUT2D eigenvalue weighted by Gasteiger charge is 2.28. The summed E-state index contributed by atoms with van der Waals surface area (Å²) in [6, 6.07) is 18.7. The van der Waals surface area contributed by atoms with Gasteiger partial charge in [-0.3, -0.25) is 9.59 Å². The maximum absolute atomic E-state index is 13.0. The van der Waals surface area contributed by atoms with Crippen LogP contribution in [0.2, 0.25) is 0 Å². The summed E-state index contributed by atoms with van der Waals surface area (Å²) in [6.07, 6.45) is 1.10. The number of piperidine rings is 1. The molecule has 33 heavy (non-hydrogen) atoms. The van der Waals surface area contributed by atoms with Gasteiger partial charge in [0.05, 0.1) is 29.3 Å². The molecule has 1 aliphatic rings. The molecule has 1 aliphatic heterocycles. The number of para-hydroxylation sites is 1. The molecule has 0 spiro atoms. The molecule has 1 saturated heterocycles. The number of esters is 2. The molecule has 4 rings (SSSR count). The lowest BCUT2D eigenvalue weighted by Gasteiger charge is -2.30. The summed E-state index contributed by atoms with van der Waals surface area (Å²) < 4.78 is 10.5. The summed E-state index contributed by atoms with van der Waals surface area (Å²) in [5.74, 6) is -1.24. The van der Waals surface area contributed by atoms with Gasteiger partial charge in [-0.05, 0) is 31.9 Å². The number of benzene rings is 2. The van der Waals surface area contributed by atoms with Crippen LogP contribution < -0.4 is 0 Å². The van der Waals surface area contributed by atoms with Crippen LogP contribution in [0, 0.1) is 5.92 Å². The molecular formula is C26H26N2O5. The van der Waals surface area contributed by atoms with E-state index in [0.29, 0.717) is 54.7 Å². The number of hydrogen-bond donors (Lipinski definition) is 0. The van der Waals surface area contributed by atoms with E-state index in [0.717, 1.165) is 5.56 Å². The van der Waals surface area contributed by atoms with Gasteiger partial charge in [0, 0.05) is 24.0 Å². The van der Waals surface area contributed by atoms with Crippen molar-refractivity contribution in [3.8, 4) is 11.3 Å². The van der Waals surface area contributed by atoms with Gasteiger partial charge in [0.15, 0.2) is 6.61 Å². The highest BCUT2D eigenvalue weighted by Crippen LogP contribution is 2.25. The standard InChI is InChI=1S/C26H26N2O5/c1-2-32-25(30)19-12-14-28(15-13-19)24(29)17-33-26(31)21-16-23(18-8-4-3-5-9-18)27-22-11-7-6-10-20(21)22/h3-11,16,19H,2,12-15,17H2,1H3. The number of ether oxygens (including phenoxy) is 2. The number of likely N-dealkylation sites (tertiary alicyclic amines) is 1. The van der Waals surface area contributed by atoms with E-state index >= 15 is 0 Å². The highest BCUT2D eigenvalue weighted by molar-refractivity contribution is 6.05. The molecule has 0 saturated carbocycles. The van der Waals surface area contributed by atoms with Crippen molar-refractivity contribution in [1.29, 1.82) is 0 Å². The molecule has 0 N–H and O–H groups in total. The highest BCUT2D eigenvalue weighted by atomic mass is 16.5. The maximum atomic E-state index is 13.0. The van der Waals surface area contributed by atoms with E-state index in [1.807, 2.05) is 54.6 Å². The number of rotatable bonds is 6. The molecule has 2 aromatic carbocycles. The van der Waals surface area contributed by atoms with Gasteiger partial charge in [0.25, 0.3) is 5.91 Å². The lowest BCUT2D eigenvalue weighted by Crippen LogP contribution is -2.42. The second-order valence-electron chi connectivity index (χ2n) is 7.92. The normalized spacial score (nSPS) is 14.2. The number of aromatic nitrogens is 1. The van der Waals surface area contributed by atoms with Crippen LogP contribution in [-0.2, 0) is 19.1 Å². The van der Waals surface area contributed by atoms with Crippen molar-refractivity contribution in [2.75, 3.05) is 26.3 Å². The second kappa shape index (κ2) is 10.3. The van der Waals surface area contributed by atoms with Crippen LogP contribution in [0.25, 0.3) is 22.2 Å². The lowest BCUT2D eigenvalue weighted by atomic mass is 9.97. The summed E-state index contributed by atoms with van der Waals surface area (Å²) in [4.78, 5) is 43.8. The minimum Gasteiger partial charge on any atom is -0.466 e. The SMILES string of the molecule is CCOC(=O)C1CCN(C(=O)COC(=O)c2cc(-c3ccccc3)nc3ccccc23)CC1. The molecule has 0 atom stereocenters. The number of carbonyl (C=O) groups excluding carboxylic acids is 3. The van der Waals surface area contributed by atoms with Crippen molar-refractivity contribution in [3.05, 3.63) is 66.2 Å². The van der Waals surface area contributed by atoms with Gasteiger partial charge in [0.1, 0.15) is 0 Å². The van der Waals surface area contributed by atoms with E-state index in [2.05, 4.69) is 4.98 Å². The van der Waals surface area contributed by atoms with Gasteiger partial charge in [0.2, 0.25) is 0 Å². The smallest absolute Gasteiger partial charge is 0.339 e. The average Bonchev–Trinajstić information content (AvgIpc) is 2.87. The molecule has 0 unspecified atom stereocenters. The van der Waals surface area contributed by atoms with Crippen molar-refractivity contribution in [3.63, 3.8) is 0 Å². The van der Waals surface area contributed by atoms with E-state index in [1.54, 1.807) is 17.9 Å². The van der Waals surface area contributed by atoms with Gasteiger partial charge in [-0.15, -0.1) is 0 Å². The minimum absolute atomic E-state index is 0.184. The molecule has 2 heterocycles. The lowest BCUT2D eigenvalue weighted by molar-refractivity contribution is -0.151. The first kappa shape index (κ1) is 22.5. The van der Waals surface area contributed by atoms with Crippen molar-refractivity contribution >= 4 is 28.7 Å². The van der Waals surface area contributed by atoms with E-state index < -0.39 is 5.97 Å².